The number of ether oxygens (including phenoxy) is 1. The maximum atomic E-state index is 12.5. The van der Waals surface area contributed by atoms with Crippen molar-refractivity contribution in [2.45, 2.75) is 25.9 Å². The molecule has 0 saturated heterocycles. The van der Waals surface area contributed by atoms with Gasteiger partial charge in [0.2, 0.25) is 0 Å². The summed E-state index contributed by atoms with van der Waals surface area (Å²) in [5, 5.41) is 0. The molecule has 0 spiro atoms. The van der Waals surface area contributed by atoms with Crippen LogP contribution in [0.5, 0.6) is 5.75 Å². The van der Waals surface area contributed by atoms with Crippen LogP contribution in [0.4, 0.5) is 0 Å². The molecular weight excluding hydrogens is 378 g/mol. The summed E-state index contributed by atoms with van der Waals surface area (Å²) in [6.07, 6.45) is 3.39. The van der Waals surface area contributed by atoms with Gasteiger partial charge in [-0.3, -0.25) is 4.79 Å². The molecule has 0 radical (unpaired) electrons. The van der Waals surface area contributed by atoms with Crippen molar-refractivity contribution in [2.24, 2.45) is 0 Å². The molecule has 6 heteroatoms. The molecule has 4 rings (SSSR count). The van der Waals surface area contributed by atoms with Gasteiger partial charge in [0.05, 0.1) is 30.4 Å². The lowest BCUT2D eigenvalue weighted by Crippen LogP contribution is -2.27. The molecule has 0 bridgehead atoms. The fourth-order valence-electron chi connectivity index (χ4n) is 3.45. The third kappa shape index (κ3) is 4.54. The van der Waals surface area contributed by atoms with E-state index in [4.69, 9.17) is 14.1 Å². The van der Waals surface area contributed by atoms with Gasteiger partial charge < -0.3 is 18.6 Å². The number of para-hydroxylation sites is 3. The maximum Gasteiger partial charge on any atom is 0.289 e. The lowest BCUT2D eigenvalue weighted by Gasteiger charge is -2.17. The number of rotatable bonds is 9. The second-order valence-corrected chi connectivity index (χ2v) is 7.18. The zero-order valence-electron chi connectivity index (χ0n) is 17.0. The summed E-state index contributed by atoms with van der Waals surface area (Å²) in [6, 6.07) is 21.3. The Balaban J connectivity index is 1.41. The Hall–Kier alpha value is -3.54. The minimum atomic E-state index is -0.158. The van der Waals surface area contributed by atoms with E-state index in [2.05, 4.69) is 10.6 Å². The summed E-state index contributed by atoms with van der Waals surface area (Å²) in [4.78, 5) is 19.0. The standard InChI is InChI=1S/C24H25N3O3/c1-26(24(28)22-14-9-17-30-22)18-23-25-20-12-5-6-13-21(20)27(23)15-7-8-16-29-19-10-3-2-4-11-19/h2-6,9-14,17H,7-8,15-16,18H2,1H3. The number of amides is 1. The van der Waals surface area contributed by atoms with Gasteiger partial charge in [0.25, 0.3) is 5.91 Å². The molecule has 0 N–H and O–H groups in total. The third-order valence-electron chi connectivity index (χ3n) is 4.98. The summed E-state index contributed by atoms with van der Waals surface area (Å²) in [7, 11) is 1.77. The van der Waals surface area contributed by atoms with Crippen LogP contribution in [0, 0.1) is 0 Å². The molecule has 30 heavy (non-hydrogen) atoms. The fraction of sp³-hybridized carbons (Fsp3) is 0.250. The molecule has 4 aromatic rings. The number of hydrogen-bond acceptors (Lipinski definition) is 4. The monoisotopic (exact) mass is 403 g/mol. The van der Waals surface area contributed by atoms with Crippen molar-refractivity contribution in [3.05, 3.63) is 84.6 Å². The fourth-order valence-corrected chi connectivity index (χ4v) is 3.45. The molecule has 2 aromatic carbocycles. The van der Waals surface area contributed by atoms with Crippen LogP contribution in [0.1, 0.15) is 29.2 Å². The smallest absolute Gasteiger partial charge is 0.289 e. The number of aromatic nitrogens is 2. The van der Waals surface area contributed by atoms with Crippen molar-refractivity contribution in [3.63, 3.8) is 0 Å². The Morgan fingerprint density at radius 2 is 1.83 bits per heavy atom. The van der Waals surface area contributed by atoms with Crippen LogP contribution in [0.15, 0.2) is 77.4 Å². The summed E-state index contributed by atoms with van der Waals surface area (Å²) in [6.45, 7) is 1.90. The molecule has 2 heterocycles. The zero-order valence-corrected chi connectivity index (χ0v) is 17.0. The van der Waals surface area contributed by atoms with E-state index in [-0.39, 0.29) is 5.91 Å². The van der Waals surface area contributed by atoms with Crippen LogP contribution in [-0.2, 0) is 13.1 Å². The highest BCUT2D eigenvalue weighted by Crippen LogP contribution is 2.19. The molecule has 2 aromatic heterocycles. The number of aryl methyl sites for hydroxylation is 1. The summed E-state index contributed by atoms with van der Waals surface area (Å²) in [5.41, 5.74) is 2.02. The van der Waals surface area contributed by atoms with Crippen molar-refractivity contribution < 1.29 is 13.9 Å². The van der Waals surface area contributed by atoms with Gasteiger partial charge in [0.15, 0.2) is 5.76 Å². The van der Waals surface area contributed by atoms with E-state index in [1.807, 2.05) is 48.5 Å². The van der Waals surface area contributed by atoms with Gasteiger partial charge in [-0.1, -0.05) is 30.3 Å². The molecule has 6 nitrogen and oxygen atoms in total. The normalized spacial score (nSPS) is 11.0. The summed E-state index contributed by atoms with van der Waals surface area (Å²) < 4.78 is 13.2. The topological polar surface area (TPSA) is 60.5 Å². The minimum Gasteiger partial charge on any atom is -0.494 e. The lowest BCUT2D eigenvalue weighted by atomic mass is 10.3. The highest BCUT2D eigenvalue weighted by atomic mass is 16.5. The van der Waals surface area contributed by atoms with Crippen molar-refractivity contribution in [2.75, 3.05) is 13.7 Å². The molecular formula is C24H25N3O3. The Morgan fingerprint density at radius 3 is 2.63 bits per heavy atom. The van der Waals surface area contributed by atoms with Gasteiger partial charge in [-0.15, -0.1) is 0 Å². The van der Waals surface area contributed by atoms with Crippen molar-refractivity contribution in [3.8, 4) is 5.75 Å². The first-order valence-electron chi connectivity index (χ1n) is 10.1. The highest BCUT2D eigenvalue weighted by molar-refractivity contribution is 5.91. The Bertz CT molecular complexity index is 1090. The van der Waals surface area contributed by atoms with E-state index >= 15 is 0 Å². The molecule has 0 aliphatic rings. The van der Waals surface area contributed by atoms with Crippen LogP contribution < -0.4 is 4.74 Å². The van der Waals surface area contributed by atoms with Gasteiger partial charge in [0, 0.05) is 13.6 Å². The number of carbonyl (C=O) groups is 1. The van der Waals surface area contributed by atoms with E-state index in [1.54, 1.807) is 24.1 Å². The number of fused-ring (bicyclic) bond motifs is 1. The minimum absolute atomic E-state index is 0.158. The second kappa shape index (κ2) is 9.31. The average molecular weight is 403 g/mol. The number of benzene rings is 2. The number of hydrogen-bond donors (Lipinski definition) is 0. The molecule has 154 valence electrons. The second-order valence-electron chi connectivity index (χ2n) is 7.18. The van der Waals surface area contributed by atoms with E-state index in [9.17, 15) is 4.79 Å². The van der Waals surface area contributed by atoms with Gasteiger partial charge in [0.1, 0.15) is 11.6 Å². The molecule has 0 aliphatic heterocycles. The Kier molecular flexibility index (Phi) is 6.13. The molecule has 0 saturated carbocycles. The van der Waals surface area contributed by atoms with E-state index in [0.29, 0.717) is 18.9 Å². The van der Waals surface area contributed by atoms with Gasteiger partial charge in [-0.05, 0) is 49.2 Å². The van der Waals surface area contributed by atoms with Crippen molar-refractivity contribution in [1.82, 2.24) is 14.5 Å². The highest BCUT2D eigenvalue weighted by Gasteiger charge is 2.18. The third-order valence-corrected chi connectivity index (χ3v) is 4.98. The first-order chi connectivity index (χ1) is 14.7. The molecule has 0 aliphatic carbocycles. The predicted octanol–water partition coefficient (Wildman–Crippen LogP) is 4.76. The van der Waals surface area contributed by atoms with E-state index in [0.717, 1.165) is 42.0 Å². The van der Waals surface area contributed by atoms with Crippen LogP contribution >= 0.6 is 0 Å². The van der Waals surface area contributed by atoms with Crippen molar-refractivity contribution >= 4 is 16.9 Å². The van der Waals surface area contributed by atoms with Gasteiger partial charge in [-0.2, -0.15) is 0 Å². The predicted molar refractivity (Wildman–Crippen MR) is 115 cm³/mol. The summed E-state index contributed by atoms with van der Waals surface area (Å²) >= 11 is 0. The van der Waals surface area contributed by atoms with Gasteiger partial charge in [-0.25, -0.2) is 4.98 Å². The number of imidazole rings is 1. The van der Waals surface area contributed by atoms with Crippen molar-refractivity contribution in [1.29, 1.82) is 0 Å². The Labute approximate surface area is 175 Å². The quantitative estimate of drug-likeness (QED) is 0.378. The number of nitrogens with zero attached hydrogens (tertiary/aromatic N) is 3. The largest absolute Gasteiger partial charge is 0.494 e. The number of furan rings is 1. The van der Waals surface area contributed by atoms with Crippen LogP contribution in [0.3, 0.4) is 0 Å². The number of carbonyl (C=O) groups excluding carboxylic acids is 1. The SMILES string of the molecule is CN(Cc1nc2ccccc2n1CCCCOc1ccccc1)C(=O)c1ccco1. The first-order valence-corrected chi connectivity index (χ1v) is 10.1. The molecule has 0 unspecified atom stereocenters. The zero-order chi connectivity index (χ0) is 20.8. The maximum absolute atomic E-state index is 12.5. The number of unbranched alkanes of at least 4 members (excludes halogenated alkanes) is 1. The molecule has 1 amide bonds. The van der Waals surface area contributed by atoms with Crippen LogP contribution in [0.25, 0.3) is 11.0 Å². The lowest BCUT2D eigenvalue weighted by molar-refractivity contribution is 0.0748. The van der Waals surface area contributed by atoms with Crippen LogP contribution in [-0.4, -0.2) is 34.0 Å². The van der Waals surface area contributed by atoms with Gasteiger partial charge >= 0.3 is 0 Å². The average Bonchev–Trinajstić information content (AvgIpc) is 3.42. The Morgan fingerprint density at radius 1 is 1.03 bits per heavy atom. The van der Waals surface area contributed by atoms with E-state index in [1.165, 1.54) is 6.26 Å². The van der Waals surface area contributed by atoms with Crippen LogP contribution in [0.2, 0.25) is 0 Å². The van der Waals surface area contributed by atoms with E-state index < -0.39 is 0 Å². The summed E-state index contributed by atoms with van der Waals surface area (Å²) in [5.74, 6) is 1.93. The molecule has 0 fully saturated rings. The molecule has 0 atom stereocenters. The first kappa shape index (κ1) is 19.8.